The molecule has 1 atom stereocenters. The molecule has 8 heteroatoms. The quantitative estimate of drug-likeness (QED) is 0.495. The van der Waals surface area contributed by atoms with Crippen molar-refractivity contribution in [1.29, 1.82) is 0 Å². The average Bonchev–Trinajstić information content (AvgIpc) is 3.15. The maximum atomic E-state index is 12.4. The Morgan fingerprint density at radius 3 is 2.29 bits per heavy atom. The molecule has 0 bridgehead atoms. The average molecular weight is 395 g/mol. The third-order valence-corrected chi connectivity index (χ3v) is 5.13. The Balaban J connectivity index is 1.63. The summed E-state index contributed by atoms with van der Waals surface area (Å²) in [6, 6.07) is 18.5. The third kappa shape index (κ3) is 4.58. The summed E-state index contributed by atoms with van der Waals surface area (Å²) < 4.78 is 1.96. The maximum Gasteiger partial charge on any atom is 0.269 e. The van der Waals surface area contributed by atoms with Gasteiger partial charge < -0.3 is 4.57 Å². The molecule has 28 heavy (non-hydrogen) atoms. The fourth-order valence-electron chi connectivity index (χ4n) is 2.56. The molecule has 0 spiro atoms. The smallest absolute Gasteiger partial charge is 0.269 e. The summed E-state index contributed by atoms with van der Waals surface area (Å²) in [5, 5.41) is 8.70. The standard InChI is InChI=1S/C20H21N5O2S/c1-3-25-17(15-10-6-4-7-11-15)21-24-20(25)28-14(2)18(26)22-23-19(27)16-12-8-5-9-13-16/h4-14H,3H2,1-2H3,(H,22,26)(H,23,27)/t14-/m1/s1. The highest BCUT2D eigenvalue weighted by Crippen LogP contribution is 2.26. The van der Waals surface area contributed by atoms with Crippen LogP contribution >= 0.6 is 11.8 Å². The lowest BCUT2D eigenvalue weighted by atomic mass is 10.2. The van der Waals surface area contributed by atoms with Crippen LogP contribution in [0.25, 0.3) is 11.4 Å². The number of carbonyl (C=O) groups is 2. The summed E-state index contributed by atoms with van der Waals surface area (Å²) in [7, 11) is 0. The van der Waals surface area contributed by atoms with Crippen LogP contribution in [0.15, 0.2) is 65.8 Å². The Morgan fingerprint density at radius 1 is 1.00 bits per heavy atom. The number of carbonyl (C=O) groups excluding carboxylic acids is 2. The van der Waals surface area contributed by atoms with Crippen molar-refractivity contribution in [2.24, 2.45) is 0 Å². The molecule has 0 saturated carbocycles. The second kappa shape index (κ2) is 9.18. The van der Waals surface area contributed by atoms with Crippen LogP contribution in [0.4, 0.5) is 0 Å². The molecule has 144 valence electrons. The van der Waals surface area contributed by atoms with Gasteiger partial charge in [-0.25, -0.2) is 0 Å². The molecule has 0 aliphatic carbocycles. The van der Waals surface area contributed by atoms with Crippen LogP contribution in [0.3, 0.4) is 0 Å². The summed E-state index contributed by atoms with van der Waals surface area (Å²) in [5.41, 5.74) is 6.33. The largest absolute Gasteiger partial charge is 0.302 e. The van der Waals surface area contributed by atoms with E-state index in [2.05, 4.69) is 21.0 Å². The maximum absolute atomic E-state index is 12.4. The first-order valence-corrected chi connectivity index (χ1v) is 9.78. The van der Waals surface area contributed by atoms with Gasteiger partial charge in [-0.15, -0.1) is 10.2 Å². The number of amides is 2. The summed E-state index contributed by atoms with van der Waals surface area (Å²) >= 11 is 1.29. The summed E-state index contributed by atoms with van der Waals surface area (Å²) in [4.78, 5) is 24.4. The summed E-state index contributed by atoms with van der Waals surface area (Å²) in [6.45, 7) is 4.44. The number of hydrogen-bond donors (Lipinski definition) is 2. The number of benzene rings is 2. The van der Waals surface area contributed by atoms with Gasteiger partial charge >= 0.3 is 0 Å². The Bertz CT molecular complexity index is 944. The monoisotopic (exact) mass is 395 g/mol. The highest BCUT2D eigenvalue weighted by atomic mass is 32.2. The van der Waals surface area contributed by atoms with Crippen LogP contribution in [-0.4, -0.2) is 31.8 Å². The van der Waals surface area contributed by atoms with E-state index in [0.29, 0.717) is 17.3 Å². The second-order valence-corrected chi connectivity index (χ2v) is 7.29. The van der Waals surface area contributed by atoms with Gasteiger partial charge in [-0.2, -0.15) is 0 Å². The van der Waals surface area contributed by atoms with E-state index < -0.39 is 5.25 Å². The number of rotatable bonds is 6. The molecule has 3 rings (SSSR count). The number of nitrogens with one attached hydrogen (secondary N) is 2. The first-order valence-electron chi connectivity index (χ1n) is 8.90. The molecule has 2 amide bonds. The van der Waals surface area contributed by atoms with E-state index in [4.69, 9.17) is 0 Å². The van der Waals surface area contributed by atoms with Gasteiger partial charge in [0.15, 0.2) is 11.0 Å². The minimum Gasteiger partial charge on any atom is -0.302 e. The minimum atomic E-state index is -0.464. The zero-order valence-electron chi connectivity index (χ0n) is 15.6. The van der Waals surface area contributed by atoms with Gasteiger partial charge in [0.05, 0.1) is 5.25 Å². The van der Waals surface area contributed by atoms with Crippen molar-refractivity contribution in [3.63, 3.8) is 0 Å². The van der Waals surface area contributed by atoms with Crippen LogP contribution in [-0.2, 0) is 11.3 Å². The Morgan fingerprint density at radius 2 is 1.64 bits per heavy atom. The molecular weight excluding hydrogens is 374 g/mol. The highest BCUT2D eigenvalue weighted by molar-refractivity contribution is 8.00. The Hall–Kier alpha value is -3.13. The molecule has 7 nitrogen and oxygen atoms in total. The lowest BCUT2D eigenvalue weighted by Crippen LogP contribution is -2.44. The van der Waals surface area contributed by atoms with E-state index in [-0.39, 0.29) is 11.8 Å². The van der Waals surface area contributed by atoms with E-state index in [1.807, 2.05) is 47.9 Å². The molecule has 0 radical (unpaired) electrons. The molecule has 0 aliphatic heterocycles. The topological polar surface area (TPSA) is 88.9 Å². The van der Waals surface area contributed by atoms with Crippen LogP contribution in [0, 0.1) is 0 Å². The van der Waals surface area contributed by atoms with E-state index in [0.717, 1.165) is 11.4 Å². The molecule has 0 unspecified atom stereocenters. The van der Waals surface area contributed by atoms with Crippen LogP contribution in [0.1, 0.15) is 24.2 Å². The number of thioether (sulfide) groups is 1. The van der Waals surface area contributed by atoms with Gasteiger partial charge in [0, 0.05) is 17.7 Å². The predicted octanol–water partition coefficient (Wildman–Crippen LogP) is 2.91. The van der Waals surface area contributed by atoms with E-state index in [9.17, 15) is 9.59 Å². The molecular formula is C20H21N5O2S. The van der Waals surface area contributed by atoms with Crippen molar-refractivity contribution in [3.8, 4) is 11.4 Å². The van der Waals surface area contributed by atoms with Crippen LogP contribution in [0.2, 0.25) is 0 Å². The van der Waals surface area contributed by atoms with E-state index in [1.54, 1.807) is 31.2 Å². The number of aromatic nitrogens is 3. The zero-order valence-corrected chi connectivity index (χ0v) is 16.4. The number of nitrogens with zero attached hydrogens (tertiary/aromatic N) is 3. The van der Waals surface area contributed by atoms with Crippen molar-refractivity contribution in [1.82, 2.24) is 25.6 Å². The van der Waals surface area contributed by atoms with E-state index >= 15 is 0 Å². The summed E-state index contributed by atoms with van der Waals surface area (Å²) in [5.74, 6) is 0.0750. The van der Waals surface area contributed by atoms with Crippen LogP contribution < -0.4 is 10.9 Å². The van der Waals surface area contributed by atoms with Crippen molar-refractivity contribution < 1.29 is 9.59 Å². The van der Waals surface area contributed by atoms with Gasteiger partial charge in [0.1, 0.15) is 0 Å². The van der Waals surface area contributed by atoms with Gasteiger partial charge in [-0.05, 0) is 26.0 Å². The zero-order chi connectivity index (χ0) is 19.9. The molecule has 2 aromatic carbocycles. The summed E-state index contributed by atoms with van der Waals surface area (Å²) in [6.07, 6.45) is 0. The number of hydrazine groups is 1. The van der Waals surface area contributed by atoms with Crippen molar-refractivity contribution >= 4 is 23.6 Å². The Labute approximate surface area is 167 Å². The normalized spacial score (nSPS) is 11.6. The number of hydrogen-bond acceptors (Lipinski definition) is 5. The molecule has 3 aromatic rings. The fourth-order valence-corrected chi connectivity index (χ4v) is 3.47. The predicted molar refractivity (Wildman–Crippen MR) is 109 cm³/mol. The van der Waals surface area contributed by atoms with E-state index in [1.165, 1.54) is 11.8 Å². The first kappa shape index (κ1) is 19.6. The van der Waals surface area contributed by atoms with Gasteiger partial charge in [0.25, 0.3) is 11.8 Å². The van der Waals surface area contributed by atoms with Gasteiger partial charge in [-0.1, -0.05) is 60.3 Å². The molecule has 0 fully saturated rings. The molecule has 2 N–H and O–H groups in total. The molecule has 0 saturated heterocycles. The lowest BCUT2D eigenvalue weighted by Gasteiger charge is -2.13. The highest BCUT2D eigenvalue weighted by Gasteiger charge is 2.20. The minimum absolute atomic E-state index is 0.318. The SMILES string of the molecule is CCn1c(S[C@H](C)C(=O)NNC(=O)c2ccccc2)nnc1-c1ccccc1. The third-order valence-electron chi connectivity index (χ3n) is 4.05. The van der Waals surface area contributed by atoms with Gasteiger partial charge in [-0.3, -0.25) is 20.4 Å². The first-order chi connectivity index (χ1) is 13.6. The lowest BCUT2D eigenvalue weighted by molar-refractivity contribution is -0.121. The van der Waals surface area contributed by atoms with Crippen LogP contribution in [0.5, 0.6) is 0 Å². The molecule has 0 aliphatic rings. The Kier molecular flexibility index (Phi) is 6.44. The second-order valence-electron chi connectivity index (χ2n) is 5.99. The molecule has 1 aromatic heterocycles. The molecule has 1 heterocycles. The van der Waals surface area contributed by atoms with Crippen molar-refractivity contribution in [3.05, 3.63) is 66.2 Å². The van der Waals surface area contributed by atoms with Gasteiger partial charge in [0.2, 0.25) is 0 Å². The fraction of sp³-hybridized carbons (Fsp3) is 0.200. The van der Waals surface area contributed by atoms with Crippen molar-refractivity contribution in [2.75, 3.05) is 0 Å². The van der Waals surface area contributed by atoms with Crippen molar-refractivity contribution in [2.45, 2.75) is 30.8 Å².